The zero-order valence-corrected chi connectivity index (χ0v) is 20.8. The number of aliphatic carboxylic acids is 2. The normalized spacial score (nSPS) is 14.0. The number of hydrogen-bond acceptors (Lipinski definition) is 6. The second kappa shape index (κ2) is 15.4. The number of hydrogen-bond donors (Lipinski definition) is 2. The van der Waals surface area contributed by atoms with Crippen molar-refractivity contribution in [2.24, 2.45) is 0 Å². The number of carboxylic acid groups (broad SMARTS) is 2. The van der Waals surface area contributed by atoms with Gasteiger partial charge in [-0.3, -0.25) is 9.80 Å². The third-order valence-electron chi connectivity index (χ3n) is 5.98. The van der Waals surface area contributed by atoms with Crippen LogP contribution in [-0.4, -0.2) is 84.5 Å². The molecule has 8 nitrogen and oxygen atoms in total. The third-order valence-corrected chi connectivity index (χ3v) is 5.98. The van der Waals surface area contributed by atoms with E-state index in [-0.39, 0.29) is 0 Å². The molecule has 37 heavy (non-hydrogen) atoms. The zero-order valence-electron chi connectivity index (χ0n) is 20.8. The number of ether oxygens (including phenoxy) is 2. The minimum Gasteiger partial charge on any atom is -0.491 e. The Morgan fingerprint density at radius 1 is 0.676 bits per heavy atom. The predicted octanol–water partition coefficient (Wildman–Crippen LogP) is 3.64. The molecular weight excluding hydrogens is 472 g/mol. The first-order valence-electron chi connectivity index (χ1n) is 12.3. The lowest BCUT2D eigenvalue weighted by atomic mass is 9.96. The number of carboxylic acids is 2. The van der Waals surface area contributed by atoms with Crippen LogP contribution < -0.4 is 4.74 Å². The zero-order chi connectivity index (χ0) is 26.3. The van der Waals surface area contributed by atoms with E-state index in [0.29, 0.717) is 19.3 Å². The highest BCUT2D eigenvalue weighted by molar-refractivity contribution is 6.27. The fourth-order valence-corrected chi connectivity index (χ4v) is 4.16. The van der Waals surface area contributed by atoms with Gasteiger partial charge >= 0.3 is 11.9 Å². The summed E-state index contributed by atoms with van der Waals surface area (Å²) in [6.45, 7) is 7.20. The van der Waals surface area contributed by atoms with Crippen LogP contribution in [0.5, 0.6) is 5.75 Å². The van der Waals surface area contributed by atoms with E-state index in [2.05, 4.69) is 70.5 Å². The summed E-state index contributed by atoms with van der Waals surface area (Å²) in [5.41, 5.74) is 2.73. The van der Waals surface area contributed by atoms with Gasteiger partial charge in [0.15, 0.2) is 0 Å². The van der Waals surface area contributed by atoms with Crippen molar-refractivity contribution in [3.8, 4) is 5.75 Å². The summed E-state index contributed by atoms with van der Waals surface area (Å²) in [7, 11) is 0. The molecule has 4 rings (SSSR count). The minimum absolute atomic E-state index is 0.316. The second-order valence-corrected chi connectivity index (χ2v) is 8.49. The first-order valence-corrected chi connectivity index (χ1v) is 12.3. The van der Waals surface area contributed by atoms with Gasteiger partial charge in [0.1, 0.15) is 12.4 Å². The lowest BCUT2D eigenvalue weighted by Gasteiger charge is -2.39. The summed E-state index contributed by atoms with van der Waals surface area (Å²) >= 11 is 0. The Morgan fingerprint density at radius 3 is 1.65 bits per heavy atom. The summed E-state index contributed by atoms with van der Waals surface area (Å²) in [4.78, 5) is 23.3. The molecule has 0 spiro atoms. The highest BCUT2D eigenvalue weighted by Crippen LogP contribution is 2.29. The molecule has 0 radical (unpaired) electrons. The maximum absolute atomic E-state index is 9.10. The summed E-state index contributed by atoms with van der Waals surface area (Å²) in [5, 5.41) is 14.8. The average Bonchev–Trinajstić information content (AvgIpc) is 2.94. The van der Waals surface area contributed by atoms with Crippen LogP contribution >= 0.6 is 0 Å². The van der Waals surface area contributed by atoms with Gasteiger partial charge in [-0.05, 0) is 23.3 Å². The number of para-hydroxylation sites is 1. The molecule has 3 aromatic rings. The van der Waals surface area contributed by atoms with Gasteiger partial charge in [-0.25, -0.2) is 9.59 Å². The number of piperazine rings is 1. The summed E-state index contributed by atoms with van der Waals surface area (Å²) in [5.74, 6) is -2.75. The van der Waals surface area contributed by atoms with Crippen LogP contribution in [0.1, 0.15) is 17.2 Å². The molecule has 0 saturated carbocycles. The maximum atomic E-state index is 9.10. The van der Waals surface area contributed by atoms with E-state index in [4.69, 9.17) is 29.3 Å². The predicted molar refractivity (Wildman–Crippen MR) is 141 cm³/mol. The van der Waals surface area contributed by atoms with Crippen molar-refractivity contribution in [2.75, 3.05) is 52.5 Å². The third kappa shape index (κ3) is 9.69. The van der Waals surface area contributed by atoms with Crippen molar-refractivity contribution in [3.63, 3.8) is 0 Å². The molecule has 2 N–H and O–H groups in total. The SMILES string of the molecule is O=C(O)C(=O)O.c1ccc(OCCOCCN2CCN(C(c3ccccc3)c3ccccc3)CC2)cc1. The second-order valence-electron chi connectivity index (χ2n) is 8.49. The molecule has 1 fully saturated rings. The van der Waals surface area contributed by atoms with E-state index in [1.165, 1.54) is 11.1 Å². The van der Waals surface area contributed by atoms with Crippen LogP contribution in [0.2, 0.25) is 0 Å². The Kier molecular flexibility index (Phi) is 11.6. The van der Waals surface area contributed by atoms with E-state index in [1.807, 2.05) is 30.3 Å². The largest absolute Gasteiger partial charge is 0.491 e. The first kappa shape index (κ1) is 27.9. The van der Waals surface area contributed by atoms with Gasteiger partial charge in [0, 0.05) is 32.7 Å². The maximum Gasteiger partial charge on any atom is 0.414 e. The Bertz CT molecular complexity index is 1010. The summed E-state index contributed by atoms with van der Waals surface area (Å²) < 4.78 is 11.5. The standard InChI is InChI=1S/C27H32N2O2.C2H2O4/c1-4-10-24(11-5-1)27(25-12-6-2-7-13-25)29-18-16-28(17-19-29)20-21-30-22-23-31-26-14-8-3-9-15-26;3-1(4)2(5)6/h1-15,27H,16-23H2;(H,3,4)(H,5,6). The van der Waals surface area contributed by atoms with E-state index < -0.39 is 11.9 Å². The van der Waals surface area contributed by atoms with E-state index in [1.54, 1.807) is 0 Å². The van der Waals surface area contributed by atoms with Crippen LogP contribution in [0, 0.1) is 0 Å². The molecule has 0 amide bonds. The molecule has 0 aliphatic carbocycles. The summed E-state index contributed by atoms with van der Waals surface area (Å²) in [6.07, 6.45) is 0. The molecule has 0 bridgehead atoms. The van der Waals surface area contributed by atoms with Crippen molar-refractivity contribution >= 4 is 11.9 Å². The number of rotatable bonds is 10. The van der Waals surface area contributed by atoms with Crippen molar-refractivity contribution in [2.45, 2.75) is 6.04 Å². The fourth-order valence-electron chi connectivity index (χ4n) is 4.16. The van der Waals surface area contributed by atoms with E-state index in [9.17, 15) is 0 Å². The molecule has 1 heterocycles. The van der Waals surface area contributed by atoms with Crippen LogP contribution in [0.15, 0.2) is 91.0 Å². The van der Waals surface area contributed by atoms with Crippen LogP contribution in [-0.2, 0) is 14.3 Å². The first-order chi connectivity index (χ1) is 18.0. The minimum atomic E-state index is -1.82. The van der Waals surface area contributed by atoms with Gasteiger partial charge in [0.2, 0.25) is 0 Å². The topological polar surface area (TPSA) is 99.5 Å². The van der Waals surface area contributed by atoms with Crippen molar-refractivity contribution in [3.05, 3.63) is 102 Å². The van der Waals surface area contributed by atoms with E-state index in [0.717, 1.165) is 45.1 Å². The smallest absolute Gasteiger partial charge is 0.414 e. The average molecular weight is 507 g/mol. The van der Waals surface area contributed by atoms with Gasteiger partial charge in [0.05, 0.1) is 19.3 Å². The highest BCUT2D eigenvalue weighted by Gasteiger charge is 2.26. The fraction of sp³-hybridized carbons (Fsp3) is 0.310. The molecule has 0 atom stereocenters. The molecule has 3 aromatic carbocycles. The van der Waals surface area contributed by atoms with Crippen LogP contribution in [0.4, 0.5) is 0 Å². The Labute approximate surface area is 217 Å². The highest BCUT2D eigenvalue weighted by atomic mass is 16.5. The number of nitrogens with zero attached hydrogens (tertiary/aromatic N) is 2. The van der Waals surface area contributed by atoms with Crippen molar-refractivity contribution in [1.82, 2.24) is 9.80 Å². The lowest BCUT2D eigenvalue weighted by Crippen LogP contribution is -2.48. The van der Waals surface area contributed by atoms with Crippen LogP contribution in [0.25, 0.3) is 0 Å². The molecule has 1 aliphatic heterocycles. The monoisotopic (exact) mass is 506 g/mol. The quantitative estimate of drug-likeness (QED) is 0.318. The Morgan fingerprint density at radius 2 is 1.16 bits per heavy atom. The lowest BCUT2D eigenvalue weighted by molar-refractivity contribution is -0.159. The Hall–Kier alpha value is -3.72. The summed E-state index contributed by atoms with van der Waals surface area (Å²) in [6, 6.07) is 31.9. The van der Waals surface area contributed by atoms with E-state index >= 15 is 0 Å². The molecule has 1 saturated heterocycles. The van der Waals surface area contributed by atoms with Crippen molar-refractivity contribution in [1.29, 1.82) is 0 Å². The van der Waals surface area contributed by atoms with Gasteiger partial charge < -0.3 is 19.7 Å². The number of benzene rings is 3. The molecule has 0 unspecified atom stereocenters. The van der Waals surface area contributed by atoms with Gasteiger partial charge in [-0.2, -0.15) is 0 Å². The number of carbonyl (C=O) groups is 2. The van der Waals surface area contributed by atoms with Crippen LogP contribution in [0.3, 0.4) is 0 Å². The van der Waals surface area contributed by atoms with Gasteiger partial charge in [-0.1, -0.05) is 78.9 Å². The molecule has 1 aliphatic rings. The van der Waals surface area contributed by atoms with Gasteiger partial charge in [0.25, 0.3) is 0 Å². The van der Waals surface area contributed by atoms with Gasteiger partial charge in [-0.15, -0.1) is 0 Å². The van der Waals surface area contributed by atoms with Crippen molar-refractivity contribution < 1.29 is 29.3 Å². The molecule has 0 aromatic heterocycles. The molecular formula is C29H34N2O6. The Balaban J connectivity index is 0.000000568. The molecule has 196 valence electrons. The molecule has 8 heteroatoms.